The zero-order chi connectivity index (χ0) is 34.5. The number of terminal acetylenes is 1. The number of pyridine rings is 1. The lowest BCUT2D eigenvalue weighted by Gasteiger charge is -2.40. The van der Waals surface area contributed by atoms with Crippen LogP contribution in [0.1, 0.15) is 32.3 Å². The number of allylic oxidation sites excluding steroid dienone is 8. The number of rotatable bonds is 12. The van der Waals surface area contributed by atoms with Crippen LogP contribution in [-0.4, -0.2) is 13.1 Å². The average Bonchev–Trinajstić information content (AvgIpc) is 3.35. The summed E-state index contributed by atoms with van der Waals surface area (Å²) in [6.07, 6.45) is 34.1. The van der Waals surface area contributed by atoms with Gasteiger partial charge in [0.1, 0.15) is 13.1 Å². The third kappa shape index (κ3) is 8.46. The Morgan fingerprint density at radius 3 is 2.10 bits per heavy atom. The number of unbranched alkanes of at least 4 members (excludes halogenated alkanes) is 1. The molecule has 0 fully saturated rings. The molecule has 4 aromatic rings. The third-order valence-electron chi connectivity index (χ3n) is 9.05. The van der Waals surface area contributed by atoms with Crippen molar-refractivity contribution in [3.05, 3.63) is 176 Å². The average molecular weight is 645 g/mol. The quantitative estimate of drug-likeness (QED) is 0.0547. The Hall–Kier alpha value is -5.63. The highest BCUT2D eigenvalue weighted by molar-refractivity contribution is 5.97. The van der Waals surface area contributed by atoms with Crippen LogP contribution >= 0.6 is 0 Å². The van der Waals surface area contributed by atoms with E-state index in [2.05, 4.69) is 205 Å². The van der Waals surface area contributed by atoms with Crippen molar-refractivity contribution in [2.45, 2.75) is 33.2 Å². The summed E-state index contributed by atoms with van der Waals surface area (Å²) in [6, 6.07) is 32.7. The number of benzene rings is 3. The second-order valence-electron chi connectivity index (χ2n) is 12.4. The standard InChI is InChI=1S/C43H45N4.C2H2/c1-4-36(24-29-44-34-35-16-15-27-43(3,5-2)28-23-35)37-25-32-45(33-26-37)30-13-14-31-46-39-19-9-11-21-41(39)47(38-17-7-6-8-18-38)42-22-12-10-20-40(42)46;1-2/h4-12,15-29,32-33,44H,2,13-14,30-31,34H2,1,3H3;1-2H/q+1;/p+1/b29-24-,36-4+;. The van der Waals surface area contributed by atoms with E-state index in [1.807, 2.05) is 6.08 Å². The maximum Gasteiger partial charge on any atom is 0.169 e. The molecule has 0 amide bonds. The van der Waals surface area contributed by atoms with Crippen molar-refractivity contribution in [1.82, 2.24) is 0 Å². The molecular weight excluding hydrogens is 597 g/mol. The molecule has 6 rings (SSSR count). The number of para-hydroxylation sites is 5. The SMILES string of the molecule is C#C.C=CC1(C)C=CC=C(C[NH2+]/C=C\C(=C/C)c2cc[n+](CCCCN3c4ccccc4N(c4ccccc4)c4ccccc43)cc2)C=C1. The molecule has 1 atom stereocenters. The first kappa shape index (κ1) is 34.7. The topological polar surface area (TPSA) is 27.0 Å². The van der Waals surface area contributed by atoms with Crippen molar-refractivity contribution in [2.75, 3.05) is 22.9 Å². The molecule has 49 heavy (non-hydrogen) atoms. The summed E-state index contributed by atoms with van der Waals surface area (Å²) in [5, 5.41) is 2.23. The molecule has 0 saturated heterocycles. The highest BCUT2D eigenvalue weighted by Gasteiger charge is 2.28. The van der Waals surface area contributed by atoms with Crippen molar-refractivity contribution in [3.63, 3.8) is 0 Å². The van der Waals surface area contributed by atoms with E-state index in [0.717, 1.165) is 32.5 Å². The molecule has 2 heterocycles. The van der Waals surface area contributed by atoms with Crippen LogP contribution in [0.4, 0.5) is 28.4 Å². The molecule has 0 radical (unpaired) electrons. The van der Waals surface area contributed by atoms with Gasteiger partial charge in [-0.15, -0.1) is 19.4 Å². The van der Waals surface area contributed by atoms with E-state index >= 15 is 0 Å². The molecule has 2 N–H and O–H groups in total. The summed E-state index contributed by atoms with van der Waals surface area (Å²) < 4.78 is 2.30. The van der Waals surface area contributed by atoms with Gasteiger partial charge in [-0.2, -0.15) is 0 Å². The number of anilines is 5. The lowest BCUT2D eigenvalue weighted by Crippen LogP contribution is -2.78. The minimum Gasteiger partial charge on any atom is -0.338 e. The Bertz CT molecular complexity index is 1830. The molecule has 1 aromatic heterocycles. The van der Waals surface area contributed by atoms with Gasteiger partial charge < -0.3 is 15.1 Å². The van der Waals surface area contributed by atoms with E-state index < -0.39 is 0 Å². The number of nitrogens with zero attached hydrogens (tertiary/aromatic N) is 3. The van der Waals surface area contributed by atoms with Crippen LogP contribution in [-0.2, 0) is 6.54 Å². The second-order valence-corrected chi connectivity index (χ2v) is 12.4. The van der Waals surface area contributed by atoms with Crippen LogP contribution in [0.15, 0.2) is 170 Å². The van der Waals surface area contributed by atoms with Crippen molar-refractivity contribution < 1.29 is 9.88 Å². The van der Waals surface area contributed by atoms with E-state index in [9.17, 15) is 0 Å². The minimum absolute atomic E-state index is 0.0759. The first-order chi connectivity index (χ1) is 24.1. The summed E-state index contributed by atoms with van der Waals surface area (Å²) in [6.45, 7) is 11.1. The first-order valence-electron chi connectivity index (χ1n) is 17.1. The van der Waals surface area contributed by atoms with Gasteiger partial charge in [0.25, 0.3) is 0 Å². The van der Waals surface area contributed by atoms with Crippen LogP contribution in [0.2, 0.25) is 0 Å². The molecule has 0 bridgehead atoms. The Balaban J connectivity index is 0.00000230. The molecule has 1 aliphatic carbocycles. The maximum atomic E-state index is 4.00. The predicted molar refractivity (Wildman–Crippen MR) is 208 cm³/mol. The number of hydrogen-bond donors (Lipinski definition) is 1. The fourth-order valence-electron chi connectivity index (χ4n) is 6.27. The third-order valence-corrected chi connectivity index (χ3v) is 9.05. The Labute approximate surface area is 293 Å². The summed E-state index contributed by atoms with van der Waals surface area (Å²) in [7, 11) is 0. The molecule has 3 aromatic carbocycles. The smallest absolute Gasteiger partial charge is 0.169 e. The molecule has 0 spiro atoms. The summed E-state index contributed by atoms with van der Waals surface area (Å²) in [5.74, 6) is 0. The highest BCUT2D eigenvalue weighted by Crippen LogP contribution is 2.51. The van der Waals surface area contributed by atoms with E-state index in [4.69, 9.17) is 0 Å². The van der Waals surface area contributed by atoms with E-state index in [1.165, 1.54) is 45.1 Å². The Kier molecular flexibility index (Phi) is 12.0. The number of aromatic nitrogens is 1. The van der Waals surface area contributed by atoms with E-state index in [0.29, 0.717) is 0 Å². The van der Waals surface area contributed by atoms with Crippen LogP contribution in [0.3, 0.4) is 0 Å². The molecule has 0 saturated carbocycles. The van der Waals surface area contributed by atoms with E-state index in [-0.39, 0.29) is 5.41 Å². The first-order valence-corrected chi connectivity index (χ1v) is 17.1. The van der Waals surface area contributed by atoms with Crippen LogP contribution in [0.25, 0.3) is 5.57 Å². The van der Waals surface area contributed by atoms with Crippen LogP contribution in [0.5, 0.6) is 0 Å². The van der Waals surface area contributed by atoms with Gasteiger partial charge in [0.15, 0.2) is 12.4 Å². The lowest BCUT2D eigenvalue weighted by molar-refractivity contribution is -0.697. The van der Waals surface area contributed by atoms with Crippen molar-refractivity contribution in [1.29, 1.82) is 0 Å². The maximum absolute atomic E-state index is 4.00. The normalized spacial score (nSPS) is 16.7. The van der Waals surface area contributed by atoms with Crippen LogP contribution < -0.4 is 19.7 Å². The van der Waals surface area contributed by atoms with Crippen molar-refractivity contribution in [3.8, 4) is 12.8 Å². The van der Waals surface area contributed by atoms with Gasteiger partial charge in [0.2, 0.25) is 0 Å². The molecule has 4 heteroatoms. The van der Waals surface area contributed by atoms with Crippen molar-refractivity contribution in [2.24, 2.45) is 5.41 Å². The number of quaternary nitrogens is 1. The Morgan fingerprint density at radius 1 is 0.837 bits per heavy atom. The molecule has 1 unspecified atom stereocenters. The number of aryl methyl sites for hydroxylation is 1. The zero-order valence-corrected chi connectivity index (χ0v) is 28.8. The fourth-order valence-corrected chi connectivity index (χ4v) is 6.27. The highest BCUT2D eigenvalue weighted by atomic mass is 15.3. The lowest BCUT2D eigenvalue weighted by atomic mass is 9.90. The van der Waals surface area contributed by atoms with Gasteiger partial charge in [-0.1, -0.05) is 85.0 Å². The van der Waals surface area contributed by atoms with E-state index in [1.54, 1.807) is 0 Å². The van der Waals surface area contributed by atoms with Gasteiger partial charge in [-0.25, -0.2) is 4.57 Å². The molecule has 2 aliphatic rings. The molecule has 1 aliphatic heterocycles. The minimum atomic E-state index is -0.0759. The summed E-state index contributed by atoms with van der Waals surface area (Å²) in [5.41, 5.74) is 9.81. The Morgan fingerprint density at radius 2 is 1.47 bits per heavy atom. The summed E-state index contributed by atoms with van der Waals surface area (Å²) in [4.78, 5) is 4.88. The van der Waals surface area contributed by atoms with Gasteiger partial charge in [0, 0.05) is 41.8 Å². The molecule has 246 valence electrons. The molecule has 4 nitrogen and oxygen atoms in total. The summed E-state index contributed by atoms with van der Waals surface area (Å²) >= 11 is 0. The number of fused-ring (bicyclic) bond motifs is 2. The van der Waals surface area contributed by atoms with Gasteiger partial charge in [-0.05, 0) is 73.9 Å². The molecular formula is C45H48N4+2. The number of hydrogen-bond acceptors (Lipinski definition) is 2. The van der Waals surface area contributed by atoms with Gasteiger partial charge >= 0.3 is 0 Å². The zero-order valence-electron chi connectivity index (χ0n) is 28.8. The second kappa shape index (κ2) is 17.0. The monoisotopic (exact) mass is 644 g/mol. The predicted octanol–water partition coefficient (Wildman–Crippen LogP) is 9.35. The van der Waals surface area contributed by atoms with Gasteiger partial charge in [0.05, 0.1) is 28.9 Å². The van der Waals surface area contributed by atoms with Gasteiger partial charge in [-0.3, -0.25) is 0 Å². The largest absolute Gasteiger partial charge is 0.338 e. The fraction of sp³-hybridized carbons (Fsp3) is 0.178. The van der Waals surface area contributed by atoms with Crippen LogP contribution in [0, 0.1) is 18.3 Å². The van der Waals surface area contributed by atoms with Crippen molar-refractivity contribution >= 4 is 34.0 Å². The number of nitrogens with two attached hydrogens (primary N) is 1.